The Hall–Kier alpha value is -0.810. The largest absolute Gasteiger partial charge is 0.200 e. The molecule has 0 aliphatic carbocycles. The Morgan fingerprint density at radius 3 is 2.82 bits per heavy atom. The van der Waals surface area contributed by atoms with Crippen molar-refractivity contribution in [2.24, 2.45) is 0 Å². The van der Waals surface area contributed by atoms with Crippen molar-refractivity contribution >= 4 is 22.9 Å². The van der Waals surface area contributed by atoms with Crippen molar-refractivity contribution in [1.29, 1.82) is 0 Å². The second-order valence-corrected chi connectivity index (χ2v) is 3.88. The van der Waals surface area contributed by atoms with Gasteiger partial charge in [0.25, 0.3) is 0 Å². The molecule has 2 rings (SSSR count). The van der Waals surface area contributed by atoms with Gasteiger partial charge in [-0.1, -0.05) is 11.3 Å². The molecule has 0 aliphatic heterocycles. The molecule has 0 atom stereocenters. The number of aryl methyl sites for hydroxylation is 1. The summed E-state index contributed by atoms with van der Waals surface area (Å²) in [7, 11) is 0. The van der Waals surface area contributed by atoms with Gasteiger partial charge in [0.1, 0.15) is 10.0 Å². The summed E-state index contributed by atoms with van der Waals surface area (Å²) >= 11 is 3.02. The molecular weight excluding hydrogens is 178 g/mol. The summed E-state index contributed by atoms with van der Waals surface area (Å²) in [5.41, 5.74) is 1.07. The molecule has 0 fully saturated rings. The van der Waals surface area contributed by atoms with Crippen LogP contribution in [0, 0.1) is 6.92 Å². The van der Waals surface area contributed by atoms with Crippen LogP contribution in [0.5, 0.6) is 0 Å². The zero-order valence-electron chi connectivity index (χ0n) is 5.81. The predicted molar refractivity (Wildman–Crippen MR) is 45.8 cm³/mol. The van der Waals surface area contributed by atoms with Crippen molar-refractivity contribution in [3.05, 3.63) is 16.6 Å². The van der Waals surface area contributed by atoms with Crippen LogP contribution in [0.1, 0.15) is 5.01 Å². The highest BCUT2D eigenvalue weighted by molar-refractivity contribution is 7.15. The zero-order valence-corrected chi connectivity index (χ0v) is 7.45. The summed E-state index contributed by atoms with van der Waals surface area (Å²) < 4.78 is 3.99. The molecule has 0 bridgehead atoms. The molecule has 0 unspecified atom stereocenters. The summed E-state index contributed by atoms with van der Waals surface area (Å²) in [5, 5.41) is 11.8. The van der Waals surface area contributed by atoms with Crippen molar-refractivity contribution in [3.63, 3.8) is 0 Å². The summed E-state index contributed by atoms with van der Waals surface area (Å²) in [6.07, 6.45) is 1.81. The fourth-order valence-electron chi connectivity index (χ4n) is 0.724. The fourth-order valence-corrected chi connectivity index (χ4v) is 1.99. The first-order valence-corrected chi connectivity index (χ1v) is 4.71. The second-order valence-electron chi connectivity index (χ2n) is 2.04. The Bertz CT molecular complexity index is 338. The number of aromatic nitrogens is 3. The molecule has 0 N–H and O–H groups in total. The molecule has 0 aliphatic rings. The highest BCUT2D eigenvalue weighted by Crippen LogP contribution is 2.23. The van der Waals surface area contributed by atoms with E-state index in [1.165, 1.54) is 11.5 Å². The maximum atomic E-state index is 3.99. The van der Waals surface area contributed by atoms with Gasteiger partial charge in [-0.3, -0.25) is 0 Å². The highest BCUT2D eigenvalue weighted by Gasteiger charge is 2.03. The van der Waals surface area contributed by atoms with Gasteiger partial charge in [-0.05, 0) is 18.5 Å². The van der Waals surface area contributed by atoms with Crippen molar-refractivity contribution < 1.29 is 0 Å². The van der Waals surface area contributed by atoms with Gasteiger partial charge in [0.15, 0.2) is 0 Å². The third-order valence-corrected chi connectivity index (χ3v) is 2.68. The van der Waals surface area contributed by atoms with E-state index in [1.807, 2.05) is 18.5 Å². The number of hydrogen-bond donors (Lipinski definition) is 0. The summed E-state index contributed by atoms with van der Waals surface area (Å²) in [6.45, 7) is 1.95. The van der Waals surface area contributed by atoms with Crippen LogP contribution in [0.2, 0.25) is 0 Å². The Morgan fingerprint density at radius 1 is 1.36 bits per heavy atom. The highest BCUT2D eigenvalue weighted by atomic mass is 32.1. The van der Waals surface area contributed by atoms with E-state index in [-0.39, 0.29) is 0 Å². The molecule has 3 nitrogen and oxygen atoms in total. The number of hydrogen-bond acceptors (Lipinski definition) is 5. The standard InChI is InChI=1S/C6H5N3S2/c1-4-8-9-6(11-4)5-2-7-10-3-5/h2-3H,1H3. The SMILES string of the molecule is Cc1nnc(-c2cnsc2)s1. The van der Waals surface area contributed by atoms with Gasteiger partial charge < -0.3 is 0 Å². The van der Waals surface area contributed by atoms with Crippen LogP contribution < -0.4 is 0 Å². The normalized spacial score (nSPS) is 10.3. The van der Waals surface area contributed by atoms with E-state index in [9.17, 15) is 0 Å². The van der Waals surface area contributed by atoms with Gasteiger partial charge in [0.05, 0.1) is 6.20 Å². The van der Waals surface area contributed by atoms with Crippen LogP contribution >= 0.6 is 22.9 Å². The Kier molecular flexibility index (Phi) is 1.67. The minimum Gasteiger partial charge on any atom is -0.200 e. The molecule has 0 saturated carbocycles. The molecule has 0 radical (unpaired) electrons. The third kappa shape index (κ3) is 1.29. The topological polar surface area (TPSA) is 38.7 Å². The van der Waals surface area contributed by atoms with Crippen molar-refractivity contribution in [1.82, 2.24) is 14.6 Å². The molecule has 2 heterocycles. The van der Waals surface area contributed by atoms with E-state index in [2.05, 4.69) is 14.6 Å². The molecule has 0 aromatic carbocycles. The van der Waals surface area contributed by atoms with Gasteiger partial charge in [-0.25, -0.2) is 4.37 Å². The predicted octanol–water partition coefficient (Wildman–Crippen LogP) is 1.97. The fraction of sp³-hybridized carbons (Fsp3) is 0.167. The van der Waals surface area contributed by atoms with Crippen LogP contribution in [-0.4, -0.2) is 14.6 Å². The van der Waals surface area contributed by atoms with Crippen LogP contribution in [0.4, 0.5) is 0 Å². The van der Waals surface area contributed by atoms with Gasteiger partial charge in [0, 0.05) is 10.9 Å². The second kappa shape index (κ2) is 2.67. The Balaban J connectivity index is 2.45. The minimum absolute atomic E-state index is 0.955. The molecule has 0 saturated heterocycles. The maximum Gasteiger partial charge on any atom is 0.150 e. The lowest BCUT2D eigenvalue weighted by Gasteiger charge is -1.80. The zero-order chi connectivity index (χ0) is 7.68. The first-order valence-electron chi connectivity index (χ1n) is 3.06. The third-order valence-electron chi connectivity index (χ3n) is 1.21. The van der Waals surface area contributed by atoms with Gasteiger partial charge >= 0.3 is 0 Å². The summed E-state index contributed by atoms with van der Waals surface area (Å²) in [4.78, 5) is 0. The Labute approximate surface area is 71.9 Å². The van der Waals surface area contributed by atoms with E-state index >= 15 is 0 Å². The van der Waals surface area contributed by atoms with Gasteiger partial charge in [-0.2, -0.15) is 0 Å². The van der Waals surface area contributed by atoms with Crippen LogP contribution in [0.25, 0.3) is 10.6 Å². The van der Waals surface area contributed by atoms with E-state index in [4.69, 9.17) is 0 Å². The lowest BCUT2D eigenvalue weighted by atomic mass is 10.4. The van der Waals surface area contributed by atoms with Crippen LogP contribution in [0.3, 0.4) is 0 Å². The Morgan fingerprint density at radius 2 is 2.27 bits per heavy atom. The monoisotopic (exact) mass is 183 g/mol. The number of rotatable bonds is 1. The summed E-state index contributed by atoms with van der Waals surface area (Å²) in [5.74, 6) is 0. The molecule has 0 amide bonds. The average Bonchev–Trinajstić information content (AvgIpc) is 2.55. The average molecular weight is 183 g/mol. The van der Waals surface area contributed by atoms with Crippen LogP contribution in [0.15, 0.2) is 11.6 Å². The first-order chi connectivity index (χ1) is 5.36. The quantitative estimate of drug-likeness (QED) is 0.678. The molecule has 2 aromatic heterocycles. The maximum absolute atomic E-state index is 3.99. The molecule has 11 heavy (non-hydrogen) atoms. The molecule has 0 spiro atoms. The van der Waals surface area contributed by atoms with Crippen molar-refractivity contribution in [2.75, 3.05) is 0 Å². The number of nitrogens with zero attached hydrogens (tertiary/aromatic N) is 3. The minimum atomic E-state index is 0.955. The van der Waals surface area contributed by atoms with E-state index in [0.717, 1.165) is 15.6 Å². The van der Waals surface area contributed by atoms with E-state index in [1.54, 1.807) is 11.3 Å². The van der Waals surface area contributed by atoms with Gasteiger partial charge in [0.2, 0.25) is 0 Å². The first kappa shape index (κ1) is 6.87. The smallest absolute Gasteiger partial charge is 0.150 e. The van der Waals surface area contributed by atoms with Gasteiger partial charge in [-0.15, -0.1) is 10.2 Å². The van der Waals surface area contributed by atoms with Crippen LogP contribution in [-0.2, 0) is 0 Å². The molecular formula is C6H5N3S2. The lowest BCUT2D eigenvalue weighted by Crippen LogP contribution is -1.71. The molecule has 56 valence electrons. The van der Waals surface area contributed by atoms with Crippen molar-refractivity contribution in [3.8, 4) is 10.6 Å². The van der Waals surface area contributed by atoms with Crippen molar-refractivity contribution in [2.45, 2.75) is 6.92 Å². The molecule has 2 aromatic rings. The van der Waals surface area contributed by atoms with E-state index in [0.29, 0.717) is 0 Å². The molecule has 5 heteroatoms. The summed E-state index contributed by atoms with van der Waals surface area (Å²) in [6, 6.07) is 0. The lowest BCUT2D eigenvalue weighted by molar-refractivity contribution is 1.05. The van der Waals surface area contributed by atoms with E-state index < -0.39 is 0 Å².